The van der Waals surface area contributed by atoms with Crippen LogP contribution < -0.4 is 10.9 Å². The molecule has 37 heavy (non-hydrogen) atoms. The van der Waals surface area contributed by atoms with Crippen molar-refractivity contribution < 1.29 is 9.21 Å². The molecule has 1 amide bonds. The van der Waals surface area contributed by atoms with Crippen LogP contribution in [0.3, 0.4) is 0 Å². The van der Waals surface area contributed by atoms with E-state index in [0.29, 0.717) is 43.1 Å². The second kappa shape index (κ2) is 9.50. The monoisotopic (exact) mass is 524 g/mol. The molecular weight excluding hydrogens is 508 g/mol. The first kappa shape index (κ1) is 22.9. The minimum absolute atomic E-state index is 0.167. The largest absolute Gasteiger partial charge is 0.459 e. The molecule has 0 atom stereocenters. The Balaban J connectivity index is 1.60. The maximum Gasteiger partial charge on any atom is 0.293 e. The summed E-state index contributed by atoms with van der Waals surface area (Å²) in [6.07, 6.45) is 1.43. The average Bonchev–Trinajstić information content (AvgIpc) is 3.61. The lowest BCUT2D eigenvalue weighted by Gasteiger charge is -2.14. The van der Waals surface area contributed by atoms with Gasteiger partial charge in [-0.05, 0) is 48.5 Å². The Morgan fingerprint density at radius 1 is 0.892 bits per heavy atom. The summed E-state index contributed by atoms with van der Waals surface area (Å²) in [6.45, 7) is 0. The molecule has 9 heteroatoms. The van der Waals surface area contributed by atoms with Crippen molar-refractivity contribution in [1.29, 1.82) is 0 Å². The van der Waals surface area contributed by atoms with Gasteiger partial charge in [0.25, 0.3) is 11.5 Å². The Morgan fingerprint density at radius 2 is 1.65 bits per heavy atom. The molecule has 0 bridgehead atoms. The van der Waals surface area contributed by atoms with Crippen molar-refractivity contribution in [2.45, 2.75) is 0 Å². The maximum absolute atomic E-state index is 13.8. The molecule has 0 aliphatic carbocycles. The number of amides is 1. The quantitative estimate of drug-likeness (QED) is 0.272. The van der Waals surface area contributed by atoms with E-state index in [0.717, 1.165) is 5.56 Å². The number of nitrogens with one attached hydrogen (secondary N) is 1. The van der Waals surface area contributed by atoms with E-state index in [9.17, 15) is 9.59 Å². The van der Waals surface area contributed by atoms with Gasteiger partial charge < -0.3 is 4.42 Å². The van der Waals surface area contributed by atoms with Crippen molar-refractivity contribution >= 4 is 44.9 Å². The number of carbonyl (C=O) groups excluding carboxylic acids is 1. The fraction of sp³-hybridized carbons (Fsp3) is 0. The topological polar surface area (TPSA) is 90.0 Å². The van der Waals surface area contributed by atoms with Crippen molar-refractivity contribution in [3.63, 3.8) is 0 Å². The second-order valence-corrected chi connectivity index (χ2v) is 9.50. The first-order valence-corrected chi connectivity index (χ1v) is 12.5. The SMILES string of the molecule is O=C(Nc1nc(-c2ccccc2)c(-c2nc3ccccc3c(=O)n2-c2ccc(Cl)cc2)s1)c1ccco1. The molecule has 0 saturated carbocycles. The van der Waals surface area contributed by atoms with E-state index in [1.54, 1.807) is 53.1 Å². The molecule has 6 aromatic rings. The Hall–Kier alpha value is -4.53. The zero-order chi connectivity index (χ0) is 25.4. The minimum atomic E-state index is -0.425. The lowest BCUT2D eigenvalue weighted by molar-refractivity contribution is 0.0996. The average molecular weight is 525 g/mol. The predicted octanol–water partition coefficient (Wildman–Crippen LogP) is 6.67. The Bertz CT molecular complexity index is 1790. The third-order valence-corrected chi connectivity index (χ3v) is 6.92. The van der Waals surface area contributed by atoms with E-state index in [4.69, 9.17) is 26.0 Å². The molecule has 3 aromatic carbocycles. The van der Waals surface area contributed by atoms with Crippen LogP contribution in [0, 0.1) is 0 Å². The molecule has 3 heterocycles. The number of furan rings is 1. The molecule has 180 valence electrons. The Kier molecular flexibility index (Phi) is 5.88. The normalized spacial score (nSPS) is 11.1. The van der Waals surface area contributed by atoms with Crippen LogP contribution in [0.4, 0.5) is 5.13 Å². The third-order valence-electron chi connectivity index (χ3n) is 5.70. The molecule has 6 rings (SSSR count). The third kappa shape index (κ3) is 4.33. The molecule has 0 radical (unpaired) electrons. The van der Waals surface area contributed by atoms with E-state index >= 15 is 0 Å². The van der Waals surface area contributed by atoms with Crippen LogP contribution in [0.15, 0.2) is 106 Å². The number of thiazole rings is 1. The molecule has 3 aromatic heterocycles. The molecule has 0 unspecified atom stereocenters. The summed E-state index contributed by atoms with van der Waals surface area (Å²) in [5.74, 6) is 0.146. The number of anilines is 1. The summed E-state index contributed by atoms with van der Waals surface area (Å²) in [5, 5.41) is 4.19. The van der Waals surface area contributed by atoms with Crippen LogP contribution in [0.25, 0.3) is 38.5 Å². The number of benzene rings is 3. The van der Waals surface area contributed by atoms with Gasteiger partial charge in [-0.3, -0.25) is 19.5 Å². The number of fused-ring (bicyclic) bond motifs is 1. The number of hydrogen-bond donors (Lipinski definition) is 1. The zero-order valence-corrected chi connectivity index (χ0v) is 20.7. The number of aromatic nitrogens is 3. The number of rotatable bonds is 5. The van der Waals surface area contributed by atoms with E-state index in [2.05, 4.69) is 5.32 Å². The highest BCUT2D eigenvalue weighted by atomic mass is 35.5. The summed E-state index contributed by atoms with van der Waals surface area (Å²) in [5.41, 5.74) is 2.34. The van der Waals surface area contributed by atoms with Crippen LogP contribution in [-0.4, -0.2) is 20.4 Å². The highest BCUT2D eigenvalue weighted by Gasteiger charge is 2.23. The van der Waals surface area contributed by atoms with Crippen LogP contribution in [0.2, 0.25) is 5.02 Å². The number of hydrogen-bond acceptors (Lipinski definition) is 6. The highest BCUT2D eigenvalue weighted by Crippen LogP contribution is 2.39. The second-order valence-electron chi connectivity index (χ2n) is 8.06. The molecule has 1 N–H and O–H groups in total. The minimum Gasteiger partial charge on any atom is -0.459 e. The molecule has 7 nitrogen and oxygen atoms in total. The van der Waals surface area contributed by atoms with Crippen LogP contribution in [-0.2, 0) is 0 Å². The summed E-state index contributed by atoms with van der Waals surface area (Å²) in [4.78, 5) is 36.7. The predicted molar refractivity (Wildman–Crippen MR) is 146 cm³/mol. The maximum atomic E-state index is 13.8. The van der Waals surface area contributed by atoms with Gasteiger partial charge >= 0.3 is 0 Å². The Morgan fingerprint density at radius 3 is 2.41 bits per heavy atom. The summed E-state index contributed by atoms with van der Waals surface area (Å²) >= 11 is 7.36. The number of nitrogens with zero attached hydrogens (tertiary/aromatic N) is 3. The van der Waals surface area contributed by atoms with E-state index in [-0.39, 0.29) is 11.3 Å². The lowest BCUT2D eigenvalue weighted by atomic mass is 10.1. The van der Waals surface area contributed by atoms with E-state index in [1.165, 1.54) is 17.6 Å². The van der Waals surface area contributed by atoms with Gasteiger partial charge in [-0.1, -0.05) is 65.4 Å². The summed E-state index contributed by atoms with van der Waals surface area (Å²) in [6, 6.07) is 27.0. The Labute approximate surface area is 219 Å². The summed E-state index contributed by atoms with van der Waals surface area (Å²) < 4.78 is 6.77. The van der Waals surface area contributed by atoms with Gasteiger partial charge in [0, 0.05) is 10.6 Å². The van der Waals surface area contributed by atoms with Gasteiger partial charge in [-0.15, -0.1) is 0 Å². The standard InChI is InChI=1S/C28H17ClN4O3S/c29-18-12-14-19(15-13-18)33-25(30-21-10-5-4-9-20(21)27(33)35)24-23(17-7-2-1-3-8-17)31-28(37-24)32-26(34)22-11-6-16-36-22/h1-16H,(H,31,32,34). The number of halogens is 1. The van der Waals surface area contributed by atoms with Crippen LogP contribution >= 0.6 is 22.9 Å². The molecular formula is C28H17ClN4O3S. The van der Waals surface area contributed by atoms with Crippen molar-refractivity contribution in [1.82, 2.24) is 14.5 Å². The first-order valence-electron chi connectivity index (χ1n) is 11.3. The van der Waals surface area contributed by atoms with Crippen molar-refractivity contribution in [2.24, 2.45) is 0 Å². The van der Waals surface area contributed by atoms with Gasteiger partial charge in [-0.2, -0.15) is 0 Å². The van der Waals surface area contributed by atoms with Crippen molar-refractivity contribution in [3.8, 4) is 27.6 Å². The van der Waals surface area contributed by atoms with Crippen LogP contribution in [0.5, 0.6) is 0 Å². The van der Waals surface area contributed by atoms with Gasteiger partial charge in [0.2, 0.25) is 0 Å². The van der Waals surface area contributed by atoms with Gasteiger partial charge in [0.05, 0.1) is 28.5 Å². The number of para-hydroxylation sites is 1. The molecule has 0 aliphatic heterocycles. The smallest absolute Gasteiger partial charge is 0.293 e. The number of carbonyl (C=O) groups is 1. The molecule has 0 fully saturated rings. The van der Waals surface area contributed by atoms with Crippen molar-refractivity contribution in [3.05, 3.63) is 118 Å². The van der Waals surface area contributed by atoms with E-state index in [1.807, 2.05) is 42.5 Å². The lowest BCUT2D eigenvalue weighted by Crippen LogP contribution is -2.21. The highest BCUT2D eigenvalue weighted by molar-refractivity contribution is 7.19. The zero-order valence-electron chi connectivity index (χ0n) is 19.1. The van der Waals surface area contributed by atoms with Gasteiger partial charge in [0.15, 0.2) is 16.7 Å². The van der Waals surface area contributed by atoms with Crippen molar-refractivity contribution in [2.75, 3.05) is 5.32 Å². The summed E-state index contributed by atoms with van der Waals surface area (Å²) in [7, 11) is 0. The fourth-order valence-electron chi connectivity index (χ4n) is 4.00. The first-order chi connectivity index (χ1) is 18.1. The molecule has 0 aliphatic rings. The molecule has 0 saturated heterocycles. The molecule has 0 spiro atoms. The van der Waals surface area contributed by atoms with Gasteiger partial charge in [0.1, 0.15) is 4.88 Å². The van der Waals surface area contributed by atoms with Gasteiger partial charge in [-0.25, -0.2) is 9.97 Å². The fourth-order valence-corrected chi connectivity index (χ4v) is 5.09. The van der Waals surface area contributed by atoms with Crippen LogP contribution in [0.1, 0.15) is 10.6 Å². The van der Waals surface area contributed by atoms with E-state index < -0.39 is 5.91 Å².